The summed E-state index contributed by atoms with van der Waals surface area (Å²) in [5.74, 6) is -0.950. The minimum atomic E-state index is -1.77. The topological polar surface area (TPSA) is 231 Å². The molecule has 4 unspecified atom stereocenters. The van der Waals surface area contributed by atoms with E-state index in [1.165, 1.54) is 103 Å². The van der Waals surface area contributed by atoms with Crippen molar-refractivity contribution in [2.75, 3.05) is 26.4 Å². The minimum Gasteiger partial charge on any atom is -0.462 e. The lowest BCUT2D eigenvalue weighted by Gasteiger charge is -2.42. The van der Waals surface area contributed by atoms with Gasteiger partial charge in [0, 0.05) is 12.8 Å². The molecule has 0 aromatic rings. The van der Waals surface area contributed by atoms with Crippen molar-refractivity contribution in [1.82, 2.24) is 0 Å². The van der Waals surface area contributed by atoms with Crippen molar-refractivity contribution in [1.29, 1.82) is 0 Å². The first kappa shape index (κ1) is 65.6. The maximum Gasteiger partial charge on any atom is 0.306 e. The van der Waals surface area contributed by atoms with Crippen molar-refractivity contribution >= 4 is 11.9 Å². The van der Waals surface area contributed by atoms with Gasteiger partial charge in [-0.1, -0.05) is 165 Å². The van der Waals surface area contributed by atoms with Crippen molar-refractivity contribution in [3.05, 3.63) is 48.6 Å². The van der Waals surface area contributed by atoms with Gasteiger partial charge in [-0.2, -0.15) is 0 Å². The molecule has 0 spiro atoms. The number of hydrogen-bond donors (Lipinski definition) is 7. The highest BCUT2D eigenvalue weighted by Crippen LogP contribution is 2.26. The number of allylic oxidation sites excluding steroid dienone is 8. The van der Waals surface area contributed by atoms with E-state index in [9.17, 15) is 45.3 Å². The third-order valence-electron chi connectivity index (χ3n) is 13.3. The van der Waals surface area contributed by atoms with E-state index in [0.717, 1.165) is 64.2 Å². The van der Waals surface area contributed by atoms with Crippen LogP contribution in [0.5, 0.6) is 0 Å². The zero-order valence-corrected chi connectivity index (χ0v) is 44.4. The molecule has 15 nitrogen and oxygen atoms in total. The number of esters is 2. The summed E-state index contributed by atoms with van der Waals surface area (Å²) in [5.41, 5.74) is 0. The van der Waals surface area contributed by atoms with Crippen LogP contribution < -0.4 is 0 Å². The van der Waals surface area contributed by atoms with Crippen LogP contribution in [0.4, 0.5) is 0 Å². The molecule has 7 N–H and O–H groups in total. The Morgan fingerprint density at radius 2 is 0.833 bits per heavy atom. The van der Waals surface area contributed by atoms with Crippen LogP contribution in [-0.4, -0.2) is 142 Å². The Bertz CT molecular complexity index is 1440. The first-order valence-corrected chi connectivity index (χ1v) is 28.2. The van der Waals surface area contributed by atoms with Crippen molar-refractivity contribution < 1.29 is 73.8 Å². The lowest BCUT2D eigenvalue weighted by atomic mass is 9.98. The molecule has 2 heterocycles. The zero-order valence-electron chi connectivity index (χ0n) is 44.4. The lowest BCUT2D eigenvalue weighted by Crippen LogP contribution is -2.61. The first-order valence-electron chi connectivity index (χ1n) is 28.2. The number of carbonyl (C=O) groups excluding carboxylic acids is 2. The van der Waals surface area contributed by atoms with E-state index in [0.29, 0.717) is 12.8 Å². The monoisotopic (exact) mass is 1020 g/mol. The summed E-state index contributed by atoms with van der Waals surface area (Å²) in [7, 11) is 0. The third kappa shape index (κ3) is 30.7. The van der Waals surface area contributed by atoms with E-state index >= 15 is 0 Å². The quantitative estimate of drug-likeness (QED) is 0.0171. The fourth-order valence-corrected chi connectivity index (χ4v) is 8.63. The average Bonchev–Trinajstić information content (AvgIpc) is 3.37. The van der Waals surface area contributed by atoms with Gasteiger partial charge in [0.05, 0.1) is 19.8 Å². The van der Waals surface area contributed by atoms with E-state index in [4.69, 9.17) is 28.4 Å². The fourth-order valence-electron chi connectivity index (χ4n) is 8.63. The van der Waals surface area contributed by atoms with Gasteiger partial charge in [0.2, 0.25) is 0 Å². The van der Waals surface area contributed by atoms with Gasteiger partial charge >= 0.3 is 11.9 Å². The molecule has 2 aliphatic rings. The number of aliphatic hydroxyl groups excluding tert-OH is 7. The molecule has 2 rings (SSSR count). The smallest absolute Gasteiger partial charge is 0.306 e. The maximum atomic E-state index is 13.0. The minimum absolute atomic E-state index is 0.139. The van der Waals surface area contributed by atoms with Crippen LogP contribution in [0.2, 0.25) is 0 Å². The van der Waals surface area contributed by atoms with Gasteiger partial charge < -0.3 is 64.2 Å². The van der Waals surface area contributed by atoms with Gasteiger partial charge in [-0.25, -0.2) is 0 Å². The standard InChI is InChI=1S/C57H100O15/c1-3-5-7-9-11-13-15-17-19-21-22-24-25-27-29-31-33-35-37-39-48(59)67-42-45(70-49(60)40-38-36-34-32-30-28-26-23-20-18-16-14-12-10-8-6-4-2)43-68-56-55(66)53(64)51(62)47(72-56)44-69-57-54(65)52(63)50(61)46(41-58)71-57/h12,14,17-20,26,28,45-47,50-58,61-66H,3-11,13,15-16,21-25,27,29-44H2,1-2H3/b14-12+,19-17+,20-18+,28-26+/t45-,46+,47+,50-,51-,52?,53?,54?,55?,56+,57+/m0/s1. The molecule has 0 bridgehead atoms. The van der Waals surface area contributed by atoms with Crippen LogP contribution in [-0.2, 0) is 38.0 Å². The Labute approximate surface area is 433 Å². The van der Waals surface area contributed by atoms with Crippen LogP contribution >= 0.6 is 0 Å². The van der Waals surface area contributed by atoms with E-state index in [2.05, 4.69) is 62.5 Å². The second kappa shape index (κ2) is 43.7. The Balaban J connectivity index is 1.78. The van der Waals surface area contributed by atoms with Gasteiger partial charge in [-0.15, -0.1) is 0 Å². The highest BCUT2D eigenvalue weighted by molar-refractivity contribution is 5.70. The van der Waals surface area contributed by atoms with Crippen LogP contribution in [0.15, 0.2) is 48.6 Å². The van der Waals surface area contributed by atoms with Crippen molar-refractivity contribution in [2.24, 2.45) is 0 Å². The van der Waals surface area contributed by atoms with E-state index in [1.54, 1.807) is 0 Å². The molecule has 0 saturated carbocycles. The molecule has 0 amide bonds. The van der Waals surface area contributed by atoms with Crippen LogP contribution in [0.3, 0.4) is 0 Å². The van der Waals surface area contributed by atoms with Crippen LogP contribution in [0.25, 0.3) is 0 Å². The van der Waals surface area contributed by atoms with Gasteiger partial charge in [0.15, 0.2) is 18.7 Å². The molecule has 2 aliphatic heterocycles. The highest BCUT2D eigenvalue weighted by atomic mass is 16.7. The Morgan fingerprint density at radius 3 is 1.35 bits per heavy atom. The third-order valence-corrected chi connectivity index (χ3v) is 13.3. The largest absolute Gasteiger partial charge is 0.462 e. The Kier molecular flexibility index (Phi) is 39.8. The van der Waals surface area contributed by atoms with Gasteiger partial charge in [0.1, 0.15) is 55.4 Å². The summed E-state index contributed by atoms with van der Waals surface area (Å²) in [4.78, 5) is 25.9. The molecule has 72 heavy (non-hydrogen) atoms. The van der Waals surface area contributed by atoms with Gasteiger partial charge in [0.25, 0.3) is 0 Å². The fraction of sp³-hybridized carbons (Fsp3) is 0.825. The van der Waals surface area contributed by atoms with Crippen molar-refractivity contribution in [2.45, 2.75) is 274 Å². The van der Waals surface area contributed by atoms with E-state index < -0.39 is 99.3 Å². The SMILES string of the molecule is CCCCC/C=C/C/C=C/C/C=C/CCCCCCC(=O)O[C@@H](COC(=O)CCCCCCCCCCC/C=C/CCCCCCCC)CO[C@@H]1O[C@H](CO[C@@H]2O[C@H](CO)[C@H](O)C(O)C2O)[C@H](O)C(O)C1O. The predicted octanol–water partition coefficient (Wildman–Crippen LogP) is 9.05. The molecular weight excluding hydrogens is 925 g/mol. The summed E-state index contributed by atoms with van der Waals surface area (Å²) in [6.07, 6.45) is 32.7. The first-order chi connectivity index (χ1) is 35.0. The number of hydrogen-bond acceptors (Lipinski definition) is 15. The van der Waals surface area contributed by atoms with Crippen molar-refractivity contribution in [3.8, 4) is 0 Å². The highest BCUT2D eigenvalue weighted by Gasteiger charge is 2.47. The second-order valence-corrected chi connectivity index (χ2v) is 19.8. The molecule has 0 aliphatic carbocycles. The van der Waals surface area contributed by atoms with E-state index in [1.807, 2.05) is 0 Å². The molecule has 0 aromatic carbocycles. The summed E-state index contributed by atoms with van der Waals surface area (Å²) >= 11 is 0. The number of unbranched alkanes of at least 4 members (excludes halogenated alkanes) is 22. The average molecular weight is 1030 g/mol. The summed E-state index contributed by atoms with van der Waals surface area (Å²) < 4.78 is 33.6. The van der Waals surface area contributed by atoms with E-state index in [-0.39, 0.29) is 19.4 Å². The number of aliphatic hydroxyl groups is 7. The summed E-state index contributed by atoms with van der Waals surface area (Å²) in [6.45, 7) is 2.55. The number of carbonyl (C=O) groups is 2. The predicted molar refractivity (Wildman–Crippen MR) is 280 cm³/mol. The molecular formula is C57H100O15. The molecule has 15 heteroatoms. The Hall–Kier alpha value is -2.54. The lowest BCUT2D eigenvalue weighted by molar-refractivity contribution is -0.332. The molecule has 0 radical (unpaired) electrons. The number of rotatable bonds is 44. The molecule has 418 valence electrons. The molecule has 2 fully saturated rings. The van der Waals surface area contributed by atoms with Crippen LogP contribution in [0, 0.1) is 0 Å². The summed E-state index contributed by atoms with van der Waals surface area (Å²) in [5, 5.41) is 72.2. The van der Waals surface area contributed by atoms with Gasteiger partial charge in [-0.05, 0) is 77.0 Å². The zero-order chi connectivity index (χ0) is 52.4. The normalized spacial score (nSPS) is 25.3. The second-order valence-electron chi connectivity index (χ2n) is 19.8. The number of ether oxygens (including phenoxy) is 6. The van der Waals surface area contributed by atoms with Gasteiger partial charge in [-0.3, -0.25) is 9.59 Å². The van der Waals surface area contributed by atoms with Crippen molar-refractivity contribution in [3.63, 3.8) is 0 Å². The molecule has 2 saturated heterocycles. The van der Waals surface area contributed by atoms with Crippen LogP contribution in [0.1, 0.15) is 206 Å². The molecule has 0 aromatic heterocycles. The molecule has 11 atom stereocenters. The summed E-state index contributed by atoms with van der Waals surface area (Å²) in [6, 6.07) is 0. The Morgan fingerprint density at radius 1 is 0.444 bits per heavy atom. The maximum absolute atomic E-state index is 13.0.